The summed E-state index contributed by atoms with van der Waals surface area (Å²) in [6.45, 7) is 4.54. The van der Waals surface area contributed by atoms with Crippen LogP contribution in [0, 0.1) is 0 Å². The fraction of sp³-hybridized carbons (Fsp3) is 0.728. The summed E-state index contributed by atoms with van der Waals surface area (Å²) in [6, 6.07) is 0. The number of hydrogen-bond donors (Lipinski definition) is 3. The van der Waals surface area contributed by atoms with Crippen LogP contribution in [0.5, 0.6) is 0 Å². The van der Waals surface area contributed by atoms with Gasteiger partial charge in [-0.3, -0.25) is 37.3 Å². The molecular formula is C81H140O17P2. The highest BCUT2D eigenvalue weighted by Gasteiger charge is 2.30. The molecule has 19 heteroatoms. The molecule has 0 aliphatic heterocycles. The summed E-state index contributed by atoms with van der Waals surface area (Å²) in [6.07, 6.45) is 78.2. The van der Waals surface area contributed by atoms with Crippen molar-refractivity contribution in [2.24, 2.45) is 0 Å². The number of allylic oxidation sites excluding steroid dienone is 17. The Kier molecular flexibility index (Phi) is 69.9. The number of esters is 4. The van der Waals surface area contributed by atoms with Gasteiger partial charge in [0, 0.05) is 19.3 Å². The largest absolute Gasteiger partial charge is 0.472 e. The molecule has 0 radical (unpaired) electrons. The molecule has 0 aliphatic carbocycles. The average Bonchev–Trinajstić information content (AvgIpc) is 0.945. The number of phosphoric ester groups is 2. The summed E-state index contributed by atoms with van der Waals surface area (Å²) in [5.41, 5.74) is 0. The van der Waals surface area contributed by atoms with Crippen LogP contribution in [0.25, 0.3) is 0 Å². The molecule has 0 rings (SSSR count). The summed E-state index contributed by atoms with van der Waals surface area (Å²) < 4.78 is 68.4. The number of ether oxygens (including phenoxy) is 4. The van der Waals surface area contributed by atoms with Crippen molar-refractivity contribution in [3.63, 3.8) is 0 Å². The van der Waals surface area contributed by atoms with Gasteiger partial charge in [-0.2, -0.15) is 0 Å². The lowest BCUT2D eigenvalue weighted by atomic mass is 10.0. The topological polar surface area (TPSA) is 237 Å². The van der Waals surface area contributed by atoms with E-state index < -0.39 is 97.5 Å². The van der Waals surface area contributed by atoms with Crippen LogP contribution < -0.4 is 0 Å². The summed E-state index contributed by atoms with van der Waals surface area (Å²) >= 11 is 0. The number of phosphoric acid groups is 2. The maximum Gasteiger partial charge on any atom is 0.472 e. The molecule has 0 aliphatic rings. The third-order valence-corrected chi connectivity index (χ3v) is 18.2. The monoisotopic (exact) mass is 1450 g/mol. The molecule has 0 saturated carbocycles. The van der Waals surface area contributed by atoms with E-state index in [1.54, 1.807) is 6.08 Å². The maximum absolute atomic E-state index is 13.1. The van der Waals surface area contributed by atoms with Gasteiger partial charge in [-0.25, -0.2) is 9.13 Å². The Morgan fingerprint density at radius 2 is 0.560 bits per heavy atom. The van der Waals surface area contributed by atoms with Crippen LogP contribution in [-0.2, 0) is 65.4 Å². The van der Waals surface area contributed by atoms with Crippen molar-refractivity contribution in [2.45, 2.75) is 341 Å². The highest BCUT2D eigenvalue weighted by molar-refractivity contribution is 7.47. The third-order valence-electron chi connectivity index (χ3n) is 16.3. The minimum atomic E-state index is -4.99. The number of carbonyl (C=O) groups is 4. The second-order valence-corrected chi connectivity index (χ2v) is 28.8. The quantitative estimate of drug-likeness (QED) is 0.0169. The van der Waals surface area contributed by atoms with Crippen LogP contribution in [-0.4, -0.2) is 96.7 Å². The number of aliphatic hydroxyl groups excluding tert-OH is 1. The van der Waals surface area contributed by atoms with Gasteiger partial charge in [0.15, 0.2) is 12.2 Å². The standard InChI is InChI=1S/C81H140O17P2/c1-5-9-13-17-21-25-29-32-35-36-37-38-41-43-47-50-54-58-62-66-79(84)92-72-77(98-81(86)68-64-60-56-52-48-44-40-34-31-27-23-19-15-11-7-3)74-96-100(89,90)94-70-75(82)69-93-99(87,88)95-73-76(97-80(85)67-63-59-55-51-45-28-24-20-16-12-8-4)71-91-78(83)65-61-57-53-49-46-42-39-33-30-26-22-18-14-10-6-2/h9-10,13-14,21-22,25-26,32-33,35,37-39,46,49,57,61,75-77,82H,5-8,11-12,15-20,23-24,27-31,34,36,40-45,47-48,50-56,58-60,62-74H2,1-4H3,(H,87,88)(H,89,90)/b13-9-,14-10-,25-21-,26-22-,35-32-,38-37-,39-33-,49-46-,61-57-. The molecule has 576 valence electrons. The lowest BCUT2D eigenvalue weighted by Gasteiger charge is -2.21. The molecule has 0 aromatic rings. The summed E-state index contributed by atoms with van der Waals surface area (Å²) in [5, 5.41) is 10.6. The van der Waals surface area contributed by atoms with E-state index in [4.69, 9.17) is 37.0 Å². The summed E-state index contributed by atoms with van der Waals surface area (Å²) in [5.74, 6) is -2.32. The Morgan fingerprint density at radius 3 is 0.890 bits per heavy atom. The van der Waals surface area contributed by atoms with E-state index in [1.807, 2.05) is 18.2 Å². The van der Waals surface area contributed by atoms with Gasteiger partial charge in [0.1, 0.15) is 19.3 Å². The van der Waals surface area contributed by atoms with Gasteiger partial charge in [-0.05, 0) is 89.9 Å². The first-order chi connectivity index (χ1) is 48.7. The third kappa shape index (κ3) is 72.1. The zero-order valence-corrected chi connectivity index (χ0v) is 64.6. The summed E-state index contributed by atoms with van der Waals surface area (Å²) in [4.78, 5) is 72.8. The second-order valence-electron chi connectivity index (χ2n) is 25.9. The van der Waals surface area contributed by atoms with Crippen LogP contribution in [0.4, 0.5) is 0 Å². The van der Waals surface area contributed by atoms with Crippen LogP contribution >= 0.6 is 15.6 Å². The van der Waals surface area contributed by atoms with Gasteiger partial charge in [0.25, 0.3) is 0 Å². The van der Waals surface area contributed by atoms with Crippen LogP contribution in [0.3, 0.4) is 0 Å². The van der Waals surface area contributed by atoms with Crippen LogP contribution in [0.15, 0.2) is 109 Å². The van der Waals surface area contributed by atoms with Gasteiger partial charge in [0.05, 0.1) is 32.8 Å². The van der Waals surface area contributed by atoms with E-state index in [1.165, 1.54) is 103 Å². The van der Waals surface area contributed by atoms with Crippen molar-refractivity contribution >= 4 is 39.5 Å². The van der Waals surface area contributed by atoms with Crippen molar-refractivity contribution in [1.82, 2.24) is 0 Å². The number of aliphatic hydroxyl groups is 1. The molecule has 3 N–H and O–H groups in total. The molecule has 0 bridgehead atoms. The highest BCUT2D eigenvalue weighted by atomic mass is 31.2. The van der Waals surface area contributed by atoms with Crippen molar-refractivity contribution < 1.29 is 80.2 Å². The number of carbonyl (C=O) groups excluding carboxylic acids is 4. The Bertz CT molecular complexity index is 2320. The molecule has 17 nitrogen and oxygen atoms in total. The molecule has 5 unspecified atom stereocenters. The van der Waals surface area contributed by atoms with E-state index in [0.29, 0.717) is 25.7 Å². The van der Waals surface area contributed by atoms with Gasteiger partial charge in [0.2, 0.25) is 0 Å². The SMILES string of the molecule is CC/C=C\C/C=C\C/C=C\C/C=C\C/C=C\CC(=O)OCC(COP(=O)(O)OCC(O)COP(=O)(O)OCC(COC(=O)CCCCCCCC/C=C\C/C=C\C/C=C\C/C=C\CC)OC(=O)CCCCCCCCCCCCCCCCC)OC(=O)CCCCCCCCCCCCC. The number of unbranched alkanes of at least 4 members (excludes halogenated alkanes) is 30. The fourth-order valence-corrected chi connectivity index (χ4v) is 12.0. The van der Waals surface area contributed by atoms with Gasteiger partial charge in [-0.15, -0.1) is 0 Å². The molecule has 0 spiro atoms. The van der Waals surface area contributed by atoms with Crippen molar-refractivity contribution in [2.75, 3.05) is 39.6 Å². The lowest BCUT2D eigenvalue weighted by Crippen LogP contribution is -2.30. The average molecular weight is 1450 g/mol. The molecule has 5 atom stereocenters. The van der Waals surface area contributed by atoms with Crippen LogP contribution in [0.2, 0.25) is 0 Å². The van der Waals surface area contributed by atoms with Crippen molar-refractivity contribution in [3.8, 4) is 0 Å². The first-order valence-electron chi connectivity index (χ1n) is 39.1. The minimum Gasteiger partial charge on any atom is -0.462 e. The zero-order chi connectivity index (χ0) is 73.2. The summed E-state index contributed by atoms with van der Waals surface area (Å²) in [7, 11) is -9.97. The van der Waals surface area contributed by atoms with Crippen molar-refractivity contribution in [3.05, 3.63) is 109 Å². The molecule has 0 saturated heterocycles. The maximum atomic E-state index is 13.1. The highest BCUT2D eigenvalue weighted by Crippen LogP contribution is 2.45. The van der Waals surface area contributed by atoms with E-state index in [-0.39, 0.29) is 25.7 Å². The van der Waals surface area contributed by atoms with E-state index in [9.17, 15) is 43.2 Å². The van der Waals surface area contributed by atoms with Crippen molar-refractivity contribution in [1.29, 1.82) is 0 Å². The Hall–Kier alpha value is -4.28. The Balaban J connectivity index is 5.37. The molecule has 0 fully saturated rings. The fourth-order valence-electron chi connectivity index (χ4n) is 10.4. The molecule has 0 aromatic carbocycles. The van der Waals surface area contributed by atoms with Gasteiger partial charge < -0.3 is 33.8 Å². The lowest BCUT2D eigenvalue weighted by molar-refractivity contribution is -0.161. The van der Waals surface area contributed by atoms with E-state index in [0.717, 1.165) is 141 Å². The predicted molar refractivity (Wildman–Crippen MR) is 408 cm³/mol. The molecular weight excluding hydrogens is 1310 g/mol. The van der Waals surface area contributed by atoms with E-state index >= 15 is 0 Å². The molecule has 100 heavy (non-hydrogen) atoms. The zero-order valence-electron chi connectivity index (χ0n) is 62.8. The second kappa shape index (κ2) is 73.0. The normalized spacial score (nSPS) is 14.5. The molecule has 0 amide bonds. The number of rotatable bonds is 73. The molecule has 0 aromatic heterocycles. The molecule has 0 heterocycles. The minimum absolute atomic E-state index is 0.0691. The van der Waals surface area contributed by atoms with Crippen LogP contribution in [0.1, 0.15) is 323 Å². The predicted octanol–water partition coefficient (Wildman–Crippen LogP) is 22.6. The first-order valence-corrected chi connectivity index (χ1v) is 42.1. The Labute approximate surface area is 607 Å². The first kappa shape index (κ1) is 95.7. The Morgan fingerprint density at radius 1 is 0.300 bits per heavy atom. The smallest absolute Gasteiger partial charge is 0.462 e. The number of hydrogen-bond acceptors (Lipinski definition) is 15. The van der Waals surface area contributed by atoms with Gasteiger partial charge in [-0.1, -0.05) is 317 Å². The van der Waals surface area contributed by atoms with Gasteiger partial charge >= 0.3 is 39.5 Å². The van der Waals surface area contributed by atoms with E-state index in [2.05, 4.69) is 113 Å².